The molecule has 0 radical (unpaired) electrons. The number of aryl methyl sites for hydroxylation is 1. The second-order valence-electron chi connectivity index (χ2n) is 4.58. The highest BCUT2D eigenvalue weighted by Crippen LogP contribution is 2.25. The summed E-state index contributed by atoms with van der Waals surface area (Å²) in [6, 6.07) is 5.86. The van der Waals surface area contributed by atoms with Gasteiger partial charge in [-0.3, -0.25) is 0 Å². The van der Waals surface area contributed by atoms with Crippen LogP contribution in [0.4, 0.5) is 0 Å². The minimum absolute atomic E-state index is 0.0285. The van der Waals surface area contributed by atoms with E-state index in [1.54, 1.807) is 0 Å². The fraction of sp³-hybridized carbons (Fsp3) is 0.500. The summed E-state index contributed by atoms with van der Waals surface area (Å²) in [5, 5.41) is 9.03. The van der Waals surface area contributed by atoms with Crippen molar-refractivity contribution in [3.8, 4) is 5.75 Å². The van der Waals surface area contributed by atoms with Gasteiger partial charge in [-0.15, -0.1) is 0 Å². The van der Waals surface area contributed by atoms with Crippen molar-refractivity contribution in [3.63, 3.8) is 0 Å². The van der Waals surface area contributed by atoms with E-state index in [9.17, 15) is 4.79 Å². The number of hydrogen-bond donors (Lipinski definition) is 1. The summed E-state index contributed by atoms with van der Waals surface area (Å²) in [4.78, 5) is 11.0. The first-order valence-corrected chi connectivity index (χ1v) is 5.94. The lowest BCUT2D eigenvalue weighted by Crippen LogP contribution is -2.31. The van der Waals surface area contributed by atoms with Crippen LogP contribution in [0.15, 0.2) is 18.2 Å². The minimum Gasteiger partial charge on any atom is -0.478 e. The van der Waals surface area contributed by atoms with Crippen LogP contribution >= 0.6 is 0 Å². The molecule has 4 heteroatoms. The Bertz CT molecular complexity index is 412. The van der Waals surface area contributed by atoms with Gasteiger partial charge in [0, 0.05) is 7.11 Å². The third kappa shape index (κ3) is 3.74. The van der Waals surface area contributed by atoms with E-state index < -0.39 is 12.1 Å². The highest BCUT2D eigenvalue weighted by atomic mass is 16.5. The predicted octanol–water partition coefficient (Wildman–Crippen LogP) is 2.60. The van der Waals surface area contributed by atoms with Gasteiger partial charge in [-0.05, 0) is 30.0 Å². The van der Waals surface area contributed by atoms with Gasteiger partial charge in [-0.25, -0.2) is 4.79 Å². The number of carbonyl (C=O) groups is 1. The van der Waals surface area contributed by atoms with Crippen molar-refractivity contribution in [1.29, 1.82) is 0 Å². The summed E-state index contributed by atoms with van der Waals surface area (Å²) in [6.45, 7) is 6.09. The average Bonchev–Trinajstić information content (AvgIpc) is 2.30. The SMILES string of the molecule is COCC(Oc1cc(C(C)C)ccc1C)C(=O)O. The molecular formula is C14H20O4. The molecule has 1 unspecified atom stereocenters. The van der Waals surface area contributed by atoms with E-state index in [0.29, 0.717) is 11.7 Å². The zero-order valence-corrected chi connectivity index (χ0v) is 11.3. The number of aliphatic carboxylic acids is 1. The number of hydrogen-bond acceptors (Lipinski definition) is 3. The van der Waals surface area contributed by atoms with Crippen LogP contribution in [0, 0.1) is 6.92 Å². The zero-order chi connectivity index (χ0) is 13.7. The average molecular weight is 252 g/mol. The topological polar surface area (TPSA) is 55.8 Å². The summed E-state index contributed by atoms with van der Waals surface area (Å²) >= 11 is 0. The van der Waals surface area contributed by atoms with Gasteiger partial charge in [0.1, 0.15) is 5.75 Å². The standard InChI is InChI=1S/C14H20O4/c1-9(2)11-6-5-10(3)12(7-11)18-13(8-17-4)14(15)16/h5-7,9,13H,8H2,1-4H3,(H,15,16). The Morgan fingerprint density at radius 1 is 1.39 bits per heavy atom. The van der Waals surface area contributed by atoms with Crippen molar-refractivity contribution in [1.82, 2.24) is 0 Å². The van der Waals surface area contributed by atoms with Crippen molar-refractivity contribution in [2.24, 2.45) is 0 Å². The Balaban J connectivity index is 2.93. The number of ether oxygens (including phenoxy) is 2. The molecule has 4 nitrogen and oxygen atoms in total. The minimum atomic E-state index is -1.02. The molecule has 0 saturated carbocycles. The first-order valence-electron chi connectivity index (χ1n) is 5.94. The van der Waals surface area contributed by atoms with Gasteiger partial charge in [-0.1, -0.05) is 26.0 Å². The second kappa shape index (κ2) is 6.40. The van der Waals surface area contributed by atoms with Crippen molar-refractivity contribution in [2.45, 2.75) is 32.8 Å². The first-order chi connectivity index (χ1) is 8.45. The molecule has 0 aliphatic heterocycles. The van der Waals surface area contributed by atoms with E-state index >= 15 is 0 Å². The zero-order valence-electron chi connectivity index (χ0n) is 11.3. The Morgan fingerprint density at radius 2 is 2.06 bits per heavy atom. The monoisotopic (exact) mass is 252 g/mol. The third-order valence-electron chi connectivity index (χ3n) is 2.74. The molecule has 0 saturated heterocycles. The van der Waals surface area contributed by atoms with Crippen LogP contribution in [0.25, 0.3) is 0 Å². The fourth-order valence-corrected chi connectivity index (χ4v) is 1.56. The highest BCUT2D eigenvalue weighted by molar-refractivity contribution is 5.73. The Kier molecular flexibility index (Phi) is 5.16. The molecule has 0 heterocycles. The quantitative estimate of drug-likeness (QED) is 0.845. The summed E-state index contributed by atoms with van der Waals surface area (Å²) in [7, 11) is 1.46. The maximum atomic E-state index is 11.0. The van der Waals surface area contributed by atoms with E-state index in [0.717, 1.165) is 11.1 Å². The maximum Gasteiger partial charge on any atom is 0.347 e. The molecular weight excluding hydrogens is 232 g/mol. The number of carboxylic acids is 1. The van der Waals surface area contributed by atoms with E-state index in [-0.39, 0.29) is 6.61 Å². The molecule has 1 N–H and O–H groups in total. The lowest BCUT2D eigenvalue weighted by molar-refractivity contribution is -0.147. The Hall–Kier alpha value is -1.55. The van der Waals surface area contributed by atoms with Crippen LogP contribution in [-0.4, -0.2) is 30.9 Å². The third-order valence-corrected chi connectivity index (χ3v) is 2.74. The second-order valence-corrected chi connectivity index (χ2v) is 4.58. The molecule has 1 aromatic rings. The molecule has 1 rings (SSSR count). The molecule has 0 fully saturated rings. The van der Waals surface area contributed by atoms with Crippen molar-refractivity contribution >= 4 is 5.97 Å². The van der Waals surface area contributed by atoms with Crippen molar-refractivity contribution < 1.29 is 19.4 Å². The van der Waals surface area contributed by atoms with Crippen LogP contribution in [0.3, 0.4) is 0 Å². The predicted molar refractivity (Wildman–Crippen MR) is 69.2 cm³/mol. The van der Waals surface area contributed by atoms with E-state index in [1.807, 2.05) is 25.1 Å². The summed E-state index contributed by atoms with van der Waals surface area (Å²) in [6.07, 6.45) is -0.976. The molecule has 0 amide bonds. The number of carboxylic acid groups (broad SMARTS) is 1. The van der Waals surface area contributed by atoms with Gasteiger partial charge in [0.2, 0.25) is 6.10 Å². The van der Waals surface area contributed by atoms with Crippen LogP contribution < -0.4 is 4.74 Å². The summed E-state index contributed by atoms with van der Waals surface area (Å²) < 4.78 is 10.4. The Labute approximate surface area is 108 Å². The number of rotatable bonds is 6. The summed E-state index contributed by atoms with van der Waals surface area (Å²) in [5.41, 5.74) is 2.04. The largest absolute Gasteiger partial charge is 0.478 e. The van der Waals surface area contributed by atoms with E-state index in [1.165, 1.54) is 7.11 Å². The fourth-order valence-electron chi connectivity index (χ4n) is 1.56. The van der Waals surface area contributed by atoms with Gasteiger partial charge in [0.15, 0.2) is 0 Å². The molecule has 1 atom stereocenters. The molecule has 0 bridgehead atoms. The van der Waals surface area contributed by atoms with Gasteiger partial charge in [0.25, 0.3) is 0 Å². The van der Waals surface area contributed by atoms with Gasteiger partial charge in [0.05, 0.1) is 6.61 Å². The van der Waals surface area contributed by atoms with Crippen LogP contribution in [-0.2, 0) is 9.53 Å². The highest BCUT2D eigenvalue weighted by Gasteiger charge is 2.20. The smallest absolute Gasteiger partial charge is 0.347 e. The first kappa shape index (κ1) is 14.5. The number of benzene rings is 1. The van der Waals surface area contributed by atoms with Crippen molar-refractivity contribution in [3.05, 3.63) is 29.3 Å². The molecule has 0 aliphatic rings. The van der Waals surface area contributed by atoms with Gasteiger partial charge in [-0.2, -0.15) is 0 Å². The lowest BCUT2D eigenvalue weighted by Gasteiger charge is -2.17. The van der Waals surface area contributed by atoms with Crippen LogP contribution in [0.1, 0.15) is 30.9 Å². The normalized spacial score (nSPS) is 12.5. The lowest BCUT2D eigenvalue weighted by atomic mass is 10.0. The summed E-state index contributed by atoms with van der Waals surface area (Å²) in [5.74, 6) is -0.0458. The van der Waals surface area contributed by atoms with E-state index in [4.69, 9.17) is 14.6 Å². The van der Waals surface area contributed by atoms with E-state index in [2.05, 4.69) is 13.8 Å². The maximum absolute atomic E-state index is 11.0. The molecule has 18 heavy (non-hydrogen) atoms. The van der Waals surface area contributed by atoms with Crippen LogP contribution in [0.5, 0.6) is 5.75 Å². The molecule has 1 aromatic carbocycles. The molecule has 0 aromatic heterocycles. The van der Waals surface area contributed by atoms with Gasteiger partial charge >= 0.3 is 5.97 Å². The van der Waals surface area contributed by atoms with Gasteiger partial charge < -0.3 is 14.6 Å². The van der Waals surface area contributed by atoms with Crippen LogP contribution in [0.2, 0.25) is 0 Å². The molecule has 0 spiro atoms. The van der Waals surface area contributed by atoms with Crippen molar-refractivity contribution in [2.75, 3.05) is 13.7 Å². The molecule has 100 valence electrons. The molecule has 0 aliphatic carbocycles. The number of methoxy groups -OCH3 is 1. The Morgan fingerprint density at radius 3 is 2.56 bits per heavy atom.